The molecule has 0 bridgehead atoms. The molecule has 0 aromatic heterocycles. The molecule has 0 spiro atoms. The zero-order valence-corrected chi connectivity index (χ0v) is 7.15. The average molecular weight is 149 g/mol. The van der Waals surface area contributed by atoms with E-state index < -0.39 is 0 Å². The molecule has 0 rings (SSSR count). The molecule has 0 aliphatic heterocycles. The molecule has 0 fully saturated rings. The predicted molar refractivity (Wildman–Crippen MR) is 42.8 cm³/mol. The SMILES string of the molecule is C[N+](C)(C)C/C=C/CCl. The third-order valence-corrected chi connectivity index (χ3v) is 1.09. The van der Waals surface area contributed by atoms with Crippen LogP contribution in [0.4, 0.5) is 0 Å². The second-order valence-corrected chi connectivity index (χ2v) is 3.41. The van der Waals surface area contributed by atoms with Gasteiger partial charge in [0.2, 0.25) is 0 Å². The molecule has 0 aromatic carbocycles. The maximum Gasteiger partial charge on any atom is 0.0967 e. The highest BCUT2D eigenvalue weighted by Gasteiger charge is 2.00. The van der Waals surface area contributed by atoms with Gasteiger partial charge in [0.05, 0.1) is 27.7 Å². The summed E-state index contributed by atoms with van der Waals surface area (Å²) in [7, 11) is 6.45. The fourth-order valence-corrected chi connectivity index (χ4v) is 0.580. The Labute approximate surface area is 62.5 Å². The van der Waals surface area contributed by atoms with E-state index in [-0.39, 0.29) is 0 Å². The van der Waals surface area contributed by atoms with Crippen molar-refractivity contribution in [3.63, 3.8) is 0 Å². The zero-order valence-electron chi connectivity index (χ0n) is 6.39. The second-order valence-electron chi connectivity index (χ2n) is 3.10. The average Bonchev–Trinajstić information content (AvgIpc) is 1.63. The highest BCUT2D eigenvalue weighted by atomic mass is 35.5. The minimum atomic E-state index is 0.625. The van der Waals surface area contributed by atoms with Crippen molar-refractivity contribution < 1.29 is 4.48 Å². The summed E-state index contributed by atoms with van der Waals surface area (Å²) in [5.74, 6) is 0.625. The molecule has 0 aromatic rings. The summed E-state index contributed by atoms with van der Waals surface area (Å²) in [6.07, 6.45) is 4.08. The number of quaternary nitrogens is 1. The van der Waals surface area contributed by atoms with Gasteiger partial charge >= 0.3 is 0 Å². The third-order valence-electron chi connectivity index (χ3n) is 0.909. The number of rotatable bonds is 3. The number of likely N-dealkylation sites (N-methyl/N-ethyl adjacent to an activating group) is 1. The fraction of sp³-hybridized carbons (Fsp3) is 0.714. The van der Waals surface area contributed by atoms with Crippen molar-refractivity contribution in [3.8, 4) is 0 Å². The molecule has 0 aliphatic rings. The summed E-state index contributed by atoms with van der Waals surface area (Å²) in [5, 5.41) is 0. The smallest absolute Gasteiger partial charge is 0.0967 e. The molecule has 1 nitrogen and oxygen atoms in total. The molecular weight excluding hydrogens is 134 g/mol. The lowest BCUT2D eigenvalue weighted by atomic mass is 10.4. The van der Waals surface area contributed by atoms with E-state index in [1.165, 1.54) is 0 Å². The van der Waals surface area contributed by atoms with Gasteiger partial charge < -0.3 is 4.48 Å². The Kier molecular flexibility index (Phi) is 3.91. The van der Waals surface area contributed by atoms with Gasteiger partial charge in [-0.1, -0.05) is 6.08 Å². The summed E-state index contributed by atoms with van der Waals surface area (Å²) in [5.41, 5.74) is 0. The van der Waals surface area contributed by atoms with Gasteiger partial charge in [0.25, 0.3) is 0 Å². The topological polar surface area (TPSA) is 0 Å². The van der Waals surface area contributed by atoms with Crippen molar-refractivity contribution in [1.82, 2.24) is 0 Å². The Balaban J connectivity index is 3.38. The minimum absolute atomic E-state index is 0.625. The molecule has 0 saturated heterocycles. The summed E-state index contributed by atoms with van der Waals surface area (Å²) in [4.78, 5) is 0. The summed E-state index contributed by atoms with van der Waals surface area (Å²) < 4.78 is 0.966. The van der Waals surface area contributed by atoms with E-state index in [0.29, 0.717) is 5.88 Å². The molecule has 0 atom stereocenters. The van der Waals surface area contributed by atoms with Crippen molar-refractivity contribution in [2.24, 2.45) is 0 Å². The van der Waals surface area contributed by atoms with E-state index in [1.54, 1.807) is 0 Å². The van der Waals surface area contributed by atoms with Crippen LogP contribution in [0.1, 0.15) is 0 Å². The fourth-order valence-electron chi connectivity index (χ4n) is 0.454. The van der Waals surface area contributed by atoms with Gasteiger partial charge in [-0.15, -0.1) is 11.6 Å². The van der Waals surface area contributed by atoms with Crippen molar-refractivity contribution in [2.45, 2.75) is 0 Å². The first-order valence-corrected chi connectivity index (χ1v) is 3.61. The highest BCUT2D eigenvalue weighted by molar-refractivity contribution is 6.18. The number of halogens is 1. The quantitative estimate of drug-likeness (QED) is 0.323. The van der Waals surface area contributed by atoms with Gasteiger partial charge in [0, 0.05) is 5.88 Å². The molecule has 0 amide bonds. The van der Waals surface area contributed by atoms with Gasteiger partial charge in [0.1, 0.15) is 0 Å². The van der Waals surface area contributed by atoms with Crippen molar-refractivity contribution in [2.75, 3.05) is 33.6 Å². The highest BCUT2D eigenvalue weighted by Crippen LogP contribution is 1.89. The lowest BCUT2D eigenvalue weighted by Gasteiger charge is -2.21. The molecule has 54 valence electrons. The Morgan fingerprint density at radius 3 is 2.11 bits per heavy atom. The summed E-state index contributed by atoms with van der Waals surface area (Å²) in [6.45, 7) is 1.05. The number of hydrogen-bond donors (Lipinski definition) is 0. The molecule has 0 saturated carbocycles. The summed E-state index contributed by atoms with van der Waals surface area (Å²) >= 11 is 5.44. The van der Waals surface area contributed by atoms with E-state index in [9.17, 15) is 0 Å². The molecule has 9 heavy (non-hydrogen) atoms. The normalized spacial score (nSPS) is 12.9. The van der Waals surface area contributed by atoms with Crippen LogP contribution in [0.5, 0.6) is 0 Å². The van der Waals surface area contributed by atoms with Crippen molar-refractivity contribution >= 4 is 11.6 Å². The number of nitrogens with zero attached hydrogens (tertiary/aromatic N) is 1. The number of hydrogen-bond acceptors (Lipinski definition) is 0. The van der Waals surface area contributed by atoms with Crippen LogP contribution in [0.2, 0.25) is 0 Å². The third kappa shape index (κ3) is 7.99. The molecule has 0 radical (unpaired) electrons. The predicted octanol–water partition coefficient (Wildman–Crippen LogP) is 1.49. The van der Waals surface area contributed by atoms with Crippen LogP contribution in [0.3, 0.4) is 0 Å². The van der Waals surface area contributed by atoms with E-state index in [0.717, 1.165) is 11.0 Å². The summed E-state index contributed by atoms with van der Waals surface area (Å²) in [6, 6.07) is 0. The number of alkyl halides is 1. The molecule has 0 aliphatic carbocycles. The van der Waals surface area contributed by atoms with E-state index >= 15 is 0 Å². The molecule has 0 heterocycles. The van der Waals surface area contributed by atoms with Crippen LogP contribution >= 0.6 is 11.6 Å². The second kappa shape index (κ2) is 3.91. The van der Waals surface area contributed by atoms with E-state index in [4.69, 9.17) is 11.6 Å². The zero-order chi connectivity index (χ0) is 7.33. The molecule has 0 N–H and O–H groups in total. The lowest BCUT2D eigenvalue weighted by Crippen LogP contribution is -2.34. The van der Waals surface area contributed by atoms with Crippen molar-refractivity contribution in [1.29, 1.82) is 0 Å². The monoisotopic (exact) mass is 148 g/mol. The molecule has 0 unspecified atom stereocenters. The van der Waals surface area contributed by atoms with Gasteiger partial charge in [-0.2, -0.15) is 0 Å². The van der Waals surface area contributed by atoms with Crippen LogP contribution < -0.4 is 0 Å². The first kappa shape index (κ1) is 8.99. The first-order chi connectivity index (χ1) is 4.06. The van der Waals surface area contributed by atoms with Crippen LogP contribution in [0.15, 0.2) is 12.2 Å². The van der Waals surface area contributed by atoms with Gasteiger partial charge in [0.15, 0.2) is 0 Å². The van der Waals surface area contributed by atoms with E-state index in [2.05, 4.69) is 27.2 Å². The number of allylic oxidation sites excluding steroid dienone is 1. The Hall–Kier alpha value is -0.0100. The minimum Gasteiger partial charge on any atom is -0.328 e. The molecule has 2 heteroatoms. The van der Waals surface area contributed by atoms with Crippen molar-refractivity contribution in [3.05, 3.63) is 12.2 Å². The van der Waals surface area contributed by atoms with Gasteiger partial charge in [-0.25, -0.2) is 0 Å². The van der Waals surface area contributed by atoms with E-state index in [1.807, 2.05) is 6.08 Å². The standard InChI is InChI=1S/C7H15ClN/c1-9(2,3)7-5-4-6-8/h4-5H,6-7H2,1-3H3/q+1/b5-4+. The van der Waals surface area contributed by atoms with Gasteiger partial charge in [-0.05, 0) is 6.08 Å². The largest absolute Gasteiger partial charge is 0.328 e. The lowest BCUT2D eigenvalue weighted by molar-refractivity contribution is -0.864. The Bertz CT molecular complexity index is 91.6. The first-order valence-electron chi connectivity index (χ1n) is 3.07. The maximum atomic E-state index is 5.44. The van der Waals surface area contributed by atoms with Crippen LogP contribution in [-0.4, -0.2) is 38.1 Å². The Morgan fingerprint density at radius 1 is 1.22 bits per heavy atom. The Morgan fingerprint density at radius 2 is 1.78 bits per heavy atom. The van der Waals surface area contributed by atoms with Crippen LogP contribution in [0.25, 0.3) is 0 Å². The van der Waals surface area contributed by atoms with Crippen LogP contribution in [-0.2, 0) is 0 Å². The molecular formula is C7H15ClN+. The van der Waals surface area contributed by atoms with Gasteiger partial charge in [-0.3, -0.25) is 0 Å². The van der Waals surface area contributed by atoms with Crippen LogP contribution in [0, 0.1) is 0 Å². The maximum absolute atomic E-state index is 5.44.